The van der Waals surface area contributed by atoms with Crippen molar-refractivity contribution in [2.24, 2.45) is 0 Å². The molecule has 4 nitrogen and oxygen atoms in total. The summed E-state index contributed by atoms with van der Waals surface area (Å²) in [6.45, 7) is 1.41. The quantitative estimate of drug-likeness (QED) is 0.550. The first-order valence-corrected chi connectivity index (χ1v) is 10.3. The standard InChI is InChI=1S/C23H19Cl2N3O/c24-20-9-7-16(13-21(20)25)14-23(29)28-12-4-3-11-27(28)22-10-8-17(15-26)18-5-1-2-6-19(18)22/h1-2,5-10,13H,3-4,11-12,14H2. The van der Waals surface area contributed by atoms with Crippen molar-refractivity contribution in [1.82, 2.24) is 5.01 Å². The van der Waals surface area contributed by atoms with E-state index in [9.17, 15) is 10.1 Å². The Bertz CT molecular complexity index is 1120. The molecule has 3 aromatic carbocycles. The molecule has 0 bridgehead atoms. The minimum absolute atomic E-state index is 0.0107. The molecule has 1 heterocycles. The van der Waals surface area contributed by atoms with Gasteiger partial charge in [-0.15, -0.1) is 0 Å². The van der Waals surface area contributed by atoms with Crippen LogP contribution in [0.3, 0.4) is 0 Å². The van der Waals surface area contributed by atoms with Crippen LogP contribution in [0.5, 0.6) is 0 Å². The van der Waals surface area contributed by atoms with Crippen molar-refractivity contribution in [3.05, 3.63) is 75.8 Å². The van der Waals surface area contributed by atoms with E-state index >= 15 is 0 Å². The van der Waals surface area contributed by atoms with E-state index < -0.39 is 0 Å². The van der Waals surface area contributed by atoms with E-state index in [-0.39, 0.29) is 12.3 Å². The fourth-order valence-corrected chi connectivity index (χ4v) is 4.12. The maximum Gasteiger partial charge on any atom is 0.245 e. The van der Waals surface area contributed by atoms with Gasteiger partial charge in [-0.25, -0.2) is 0 Å². The number of fused-ring (bicyclic) bond motifs is 1. The summed E-state index contributed by atoms with van der Waals surface area (Å²) >= 11 is 12.1. The predicted octanol–water partition coefficient (Wildman–Crippen LogP) is 5.60. The molecule has 0 aromatic heterocycles. The smallest absolute Gasteiger partial charge is 0.245 e. The number of amides is 1. The molecular formula is C23H19Cl2N3O. The summed E-state index contributed by atoms with van der Waals surface area (Å²) in [5.74, 6) is 0.0107. The second-order valence-corrected chi connectivity index (χ2v) is 7.88. The Kier molecular flexibility index (Phi) is 5.62. The molecule has 29 heavy (non-hydrogen) atoms. The van der Waals surface area contributed by atoms with Crippen LogP contribution in [0.2, 0.25) is 10.0 Å². The Labute approximate surface area is 179 Å². The molecule has 0 atom stereocenters. The summed E-state index contributed by atoms with van der Waals surface area (Å²) in [4.78, 5) is 13.2. The van der Waals surface area contributed by atoms with E-state index in [0.29, 0.717) is 22.2 Å². The molecule has 1 fully saturated rings. The molecule has 3 aromatic rings. The second kappa shape index (κ2) is 8.32. The molecule has 1 saturated heterocycles. The molecule has 0 unspecified atom stereocenters. The Morgan fingerprint density at radius 3 is 2.48 bits per heavy atom. The van der Waals surface area contributed by atoms with E-state index in [1.54, 1.807) is 12.1 Å². The maximum atomic E-state index is 13.2. The van der Waals surface area contributed by atoms with Gasteiger partial charge in [-0.2, -0.15) is 5.26 Å². The lowest BCUT2D eigenvalue weighted by atomic mass is 10.0. The molecule has 0 saturated carbocycles. The third-order valence-electron chi connectivity index (χ3n) is 5.21. The molecule has 146 valence electrons. The molecule has 0 N–H and O–H groups in total. The van der Waals surface area contributed by atoms with Gasteiger partial charge >= 0.3 is 0 Å². The van der Waals surface area contributed by atoms with Gasteiger partial charge in [0, 0.05) is 23.9 Å². The highest BCUT2D eigenvalue weighted by Crippen LogP contribution is 2.32. The topological polar surface area (TPSA) is 47.3 Å². The SMILES string of the molecule is N#Cc1ccc(N2CCCCN2C(=O)Cc2ccc(Cl)c(Cl)c2)c2ccccc12. The number of nitrogens with zero attached hydrogens (tertiary/aromatic N) is 3. The molecule has 0 radical (unpaired) electrons. The van der Waals surface area contributed by atoms with Gasteiger partial charge in [-0.3, -0.25) is 14.8 Å². The number of hydrogen-bond donors (Lipinski definition) is 0. The molecule has 1 amide bonds. The van der Waals surface area contributed by atoms with Crippen LogP contribution < -0.4 is 5.01 Å². The van der Waals surface area contributed by atoms with Crippen molar-refractivity contribution >= 4 is 45.6 Å². The van der Waals surface area contributed by atoms with Crippen LogP contribution in [0.1, 0.15) is 24.0 Å². The Balaban J connectivity index is 1.68. The van der Waals surface area contributed by atoms with Crippen molar-refractivity contribution in [3.63, 3.8) is 0 Å². The van der Waals surface area contributed by atoms with Crippen LogP contribution in [0.15, 0.2) is 54.6 Å². The van der Waals surface area contributed by atoms with Gasteiger partial charge in [-0.1, -0.05) is 53.5 Å². The van der Waals surface area contributed by atoms with Gasteiger partial charge in [0.2, 0.25) is 5.91 Å². The molecule has 6 heteroatoms. The highest BCUT2D eigenvalue weighted by Gasteiger charge is 2.26. The van der Waals surface area contributed by atoms with Gasteiger partial charge in [0.25, 0.3) is 0 Å². The summed E-state index contributed by atoms with van der Waals surface area (Å²) < 4.78 is 0. The zero-order chi connectivity index (χ0) is 20.4. The zero-order valence-corrected chi connectivity index (χ0v) is 17.2. The molecular weight excluding hydrogens is 405 g/mol. The van der Waals surface area contributed by atoms with Gasteiger partial charge in [0.1, 0.15) is 0 Å². The van der Waals surface area contributed by atoms with Crippen molar-refractivity contribution in [2.75, 3.05) is 18.1 Å². The van der Waals surface area contributed by atoms with E-state index in [4.69, 9.17) is 23.2 Å². The van der Waals surface area contributed by atoms with Crippen LogP contribution in [-0.2, 0) is 11.2 Å². The molecule has 4 rings (SSSR count). The van der Waals surface area contributed by atoms with Gasteiger partial charge < -0.3 is 0 Å². The fourth-order valence-electron chi connectivity index (χ4n) is 3.80. The molecule has 0 spiro atoms. The number of halogens is 2. The minimum Gasteiger partial charge on any atom is -0.282 e. The van der Waals surface area contributed by atoms with Crippen LogP contribution >= 0.6 is 23.2 Å². The van der Waals surface area contributed by atoms with E-state index in [2.05, 4.69) is 6.07 Å². The molecule has 0 aliphatic carbocycles. The lowest BCUT2D eigenvalue weighted by Gasteiger charge is -2.41. The summed E-state index contributed by atoms with van der Waals surface area (Å²) in [6, 6.07) is 19.1. The van der Waals surface area contributed by atoms with Crippen LogP contribution in [0.4, 0.5) is 5.69 Å². The van der Waals surface area contributed by atoms with Gasteiger partial charge in [0.05, 0.1) is 33.8 Å². The van der Waals surface area contributed by atoms with Crippen LogP contribution in [0.25, 0.3) is 10.8 Å². The predicted molar refractivity (Wildman–Crippen MR) is 117 cm³/mol. The van der Waals surface area contributed by atoms with Crippen LogP contribution in [-0.4, -0.2) is 24.0 Å². The maximum absolute atomic E-state index is 13.2. The lowest BCUT2D eigenvalue weighted by molar-refractivity contribution is -0.131. The zero-order valence-electron chi connectivity index (χ0n) is 15.7. The Hall–Kier alpha value is -2.74. The van der Waals surface area contributed by atoms with Crippen molar-refractivity contribution in [2.45, 2.75) is 19.3 Å². The first-order valence-electron chi connectivity index (χ1n) is 9.52. The van der Waals surface area contributed by atoms with Crippen molar-refractivity contribution in [3.8, 4) is 6.07 Å². The monoisotopic (exact) mass is 423 g/mol. The number of rotatable bonds is 3. The largest absolute Gasteiger partial charge is 0.282 e. The van der Waals surface area contributed by atoms with Gasteiger partial charge in [-0.05, 0) is 42.7 Å². The lowest BCUT2D eigenvalue weighted by Crippen LogP contribution is -2.51. The summed E-state index contributed by atoms with van der Waals surface area (Å²) in [5.41, 5.74) is 2.41. The number of benzene rings is 3. The van der Waals surface area contributed by atoms with E-state index in [0.717, 1.165) is 41.4 Å². The summed E-state index contributed by atoms with van der Waals surface area (Å²) in [7, 11) is 0. The molecule has 1 aliphatic heterocycles. The van der Waals surface area contributed by atoms with Gasteiger partial charge in [0.15, 0.2) is 0 Å². The summed E-state index contributed by atoms with van der Waals surface area (Å²) in [6.07, 6.45) is 2.21. The Morgan fingerprint density at radius 1 is 0.966 bits per heavy atom. The van der Waals surface area contributed by atoms with E-state index in [1.165, 1.54) is 0 Å². The highest BCUT2D eigenvalue weighted by molar-refractivity contribution is 6.42. The number of nitriles is 1. The highest BCUT2D eigenvalue weighted by atomic mass is 35.5. The average molecular weight is 424 g/mol. The van der Waals surface area contributed by atoms with Crippen LogP contribution in [0, 0.1) is 11.3 Å². The number of carbonyl (C=O) groups excluding carboxylic acids is 1. The molecule has 1 aliphatic rings. The number of hydrogen-bond acceptors (Lipinski definition) is 3. The van der Waals surface area contributed by atoms with Crippen molar-refractivity contribution < 1.29 is 4.79 Å². The number of hydrazine groups is 1. The van der Waals surface area contributed by atoms with E-state index in [1.807, 2.05) is 52.5 Å². The Morgan fingerprint density at radius 2 is 1.72 bits per heavy atom. The minimum atomic E-state index is 0.0107. The first kappa shape index (κ1) is 19.6. The first-order chi connectivity index (χ1) is 14.1. The third kappa shape index (κ3) is 3.89. The second-order valence-electron chi connectivity index (χ2n) is 7.06. The van der Waals surface area contributed by atoms with Crippen molar-refractivity contribution in [1.29, 1.82) is 5.26 Å². The average Bonchev–Trinajstić information content (AvgIpc) is 2.75. The normalized spacial score (nSPS) is 14.1. The fraction of sp³-hybridized carbons (Fsp3) is 0.217. The number of carbonyl (C=O) groups is 1. The third-order valence-corrected chi connectivity index (χ3v) is 5.95. The number of anilines is 1. The summed E-state index contributed by atoms with van der Waals surface area (Å²) in [5, 5.41) is 16.1.